The second-order valence-corrected chi connectivity index (χ2v) is 6.92. The molecule has 0 heterocycles. The molecule has 0 aliphatic heterocycles. The zero-order valence-electron chi connectivity index (χ0n) is 15.6. The summed E-state index contributed by atoms with van der Waals surface area (Å²) in [6.45, 7) is 1.94. The first-order chi connectivity index (χ1) is 12.1. The van der Waals surface area contributed by atoms with E-state index in [0.29, 0.717) is 17.5 Å². The van der Waals surface area contributed by atoms with Crippen molar-refractivity contribution in [1.82, 2.24) is 0 Å². The van der Waals surface area contributed by atoms with Gasteiger partial charge in [0, 0.05) is 12.0 Å². The Morgan fingerprint density at radius 3 is 2.24 bits per heavy atom. The number of carbonyl (C=O) groups is 1. The standard InChI is InChI=1S/C21H35NO3/c1-2-3-4-5-6-7-8-9-10-14-20(24)17-12-11-13-18(15-17)21(25)19(22)16-23/h11-13,15,19,21,23,25H,2-10,14,16,22H2,1H3. The topological polar surface area (TPSA) is 83.5 Å². The molecule has 2 unspecified atom stereocenters. The zero-order valence-corrected chi connectivity index (χ0v) is 15.6. The van der Waals surface area contributed by atoms with Crippen molar-refractivity contribution >= 4 is 5.78 Å². The van der Waals surface area contributed by atoms with Gasteiger partial charge in [-0.05, 0) is 18.1 Å². The summed E-state index contributed by atoms with van der Waals surface area (Å²) in [7, 11) is 0. The van der Waals surface area contributed by atoms with Crippen LogP contribution in [0.4, 0.5) is 0 Å². The second kappa shape index (κ2) is 13.0. The van der Waals surface area contributed by atoms with E-state index in [2.05, 4.69) is 6.92 Å². The van der Waals surface area contributed by atoms with Crippen molar-refractivity contribution in [2.75, 3.05) is 6.61 Å². The maximum Gasteiger partial charge on any atom is 0.162 e. The maximum atomic E-state index is 12.3. The normalized spacial score (nSPS) is 13.6. The number of carbonyl (C=O) groups excluding carboxylic acids is 1. The number of nitrogens with two attached hydrogens (primary N) is 1. The van der Waals surface area contributed by atoms with Crippen LogP contribution >= 0.6 is 0 Å². The maximum absolute atomic E-state index is 12.3. The van der Waals surface area contributed by atoms with Gasteiger partial charge in [0.1, 0.15) is 0 Å². The van der Waals surface area contributed by atoms with Gasteiger partial charge in [-0.3, -0.25) is 4.79 Å². The van der Waals surface area contributed by atoms with Crippen molar-refractivity contribution in [2.24, 2.45) is 5.73 Å². The third kappa shape index (κ3) is 8.61. The van der Waals surface area contributed by atoms with Gasteiger partial charge in [0.25, 0.3) is 0 Å². The van der Waals surface area contributed by atoms with Gasteiger partial charge >= 0.3 is 0 Å². The van der Waals surface area contributed by atoms with Crippen LogP contribution in [0.5, 0.6) is 0 Å². The van der Waals surface area contributed by atoms with Crippen LogP contribution in [0.25, 0.3) is 0 Å². The zero-order chi connectivity index (χ0) is 18.5. The van der Waals surface area contributed by atoms with Crippen LogP contribution in [-0.2, 0) is 0 Å². The molecule has 0 aliphatic carbocycles. The van der Waals surface area contributed by atoms with Crippen LogP contribution in [0.3, 0.4) is 0 Å². The third-order valence-corrected chi connectivity index (χ3v) is 4.67. The van der Waals surface area contributed by atoms with Crippen molar-refractivity contribution < 1.29 is 15.0 Å². The van der Waals surface area contributed by atoms with Gasteiger partial charge in [-0.15, -0.1) is 0 Å². The molecule has 0 radical (unpaired) electrons. The molecule has 0 saturated heterocycles. The number of Topliss-reactive ketones (excluding diaryl/α,β-unsaturated/α-hetero) is 1. The molecule has 4 N–H and O–H groups in total. The molecule has 0 bridgehead atoms. The van der Waals surface area contributed by atoms with Crippen molar-refractivity contribution in [3.8, 4) is 0 Å². The lowest BCUT2D eigenvalue weighted by Gasteiger charge is -2.17. The van der Waals surface area contributed by atoms with Crippen LogP contribution in [0, 0.1) is 0 Å². The molecule has 1 rings (SSSR count). The minimum absolute atomic E-state index is 0.106. The van der Waals surface area contributed by atoms with E-state index in [4.69, 9.17) is 10.8 Å². The van der Waals surface area contributed by atoms with E-state index in [9.17, 15) is 9.90 Å². The summed E-state index contributed by atoms with van der Waals surface area (Å²) in [4.78, 5) is 12.3. The van der Waals surface area contributed by atoms with Gasteiger partial charge < -0.3 is 15.9 Å². The average molecular weight is 350 g/mol. The molecule has 2 atom stereocenters. The number of benzene rings is 1. The largest absolute Gasteiger partial charge is 0.395 e. The number of aliphatic hydroxyl groups excluding tert-OH is 2. The number of aliphatic hydroxyl groups is 2. The molecule has 0 aliphatic rings. The Morgan fingerprint density at radius 2 is 1.64 bits per heavy atom. The quantitative estimate of drug-likeness (QED) is 0.348. The third-order valence-electron chi connectivity index (χ3n) is 4.67. The summed E-state index contributed by atoms with van der Waals surface area (Å²) < 4.78 is 0. The summed E-state index contributed by atoms with van der Waals surface area (Å²) >= 11 is 0. The van der Waals surface area contributed by atoms with E-state index in [1.54, 1.807) is 24.3 Å². The van der Waals surface area contributed by atoms with Crippen LogP contribution in [0.1, 0.15) is 93.2 Å². The molecular formula is C21H35NO3. The van der Waals surface area contributed by atoms with E-state index in [1.165, 1.54) is 44.9 Å². The van der Waals surface area contributed by atoms with Crippen LogP contribution in [0.15, 0.2) is 24.3 Å². The van der Waals surface area contributed by atoms with E-state index in [1.807, 2.05) is 0 Å². The molecular weight excluding hydrogens is 314 g/mol. The first-order valence-electron chi connectivity index (χ1n) is 9.77. The van der Waals surface area contributed by atoms with Crippen molar-refractivity contribution in [3.63, 3.8) is 0 Å². The number of rotatable bonds is 14. The van der Waals surface area contributed by atoms with Gasteiger partial charge in [0.05, 0.1) is 18.8 Å². The van der Waals surface area contributed by atoms with Crippen molar-refractivity contribution in [2.45, 2.75) is 83.3 Å². The van der Waals surface area contributed by atoms with Crippen molar-refractivity contribution in [3.05, 3.63) is 35.4 Å². The fourth-order valence-corrected chi connectivity index (χ4v) is 2.98. The second-order valence-electron chi connectivity index (χ2n) is 6.92. The fraction of sp³-hybridized carbons (Fsp3) is 0.667. The molecule has 0 spiro atoms. The van der Waals surface area contributed by atoms with Crippen molar-refractivity contribution in [1.29, 1.82) is 0 Å². The molecule has 25 heavy (non-hydrogen) atoms. The summed E-state index contributed by atoms with van der Waals surface area (Å²) in [6.07, 6.45) is 10.7. The molecule has 0 amide bonds. The molecule has 4 heteroatoms. The highest BCUT2D eigenvalue weighted by molar-refractivity contribution is 5.96. The lowest BCUT2D eigenvalue weighted by atomic mass is 9.97. The summed E-state index contributed by atoms with van der Waals surface area (Å²) in [5, 5.41) is 19.1. The minimum atomic E-state index is -0.953. The molecule has 0 saturated carbocycles. The fourth-order valence-electron chi connectivity index (χ4n) is 2.98. The number of hydrogen-bond acceptors (Lipinski definition) is 4. The first-order valence-corrected chi connectivity index (χ1v) is 9.77. The van der Waals surface area contributed by atoms with Gasteiger partial charge in [-0.25, -0.2) is 0 Å². The predicted octanol–water partition coefficient (Wildman–Crippen LogP) is 4.14. The molecule has 142 valence electrons. The Hall–Kier alpha value is -1.23. The Balaban J connectivity index is 2.29. The smallest absolute Gasteiger partial charge is 0.162 e. The molecule has 0 fully saturated rings. The van der Waals surface area contributed by atoms with Gasteiger partial charge in [0.15, 0.2) is 5.78 Å². The van der Waals surface area contributed by atoms with E-state index in [-0.39, 0.29) is 12.4 Å². The monoisotopic (exact) mass is 349 g/mol. The number of ketones is 1. The van der Waals surface area contributed by atoms with E-state index >= 15 is 0 Å². The Bertz CT molecular complexity index is 490. The predicted molar refractivity (Wildman–Crippen MR) is 103 cm³/mol. The highest BCUT2D eigenvalue weighted by atomic mass is 16.3. The van der Waals surface area contributed by atoms with Gasteiger partial charge in [-0.2, -0.15) is 0 Å². The Morgan fingerprint density at radius 1 is 1.04 bits per heavy atom. The summed E-state index contributed by atoms with van der Waals surface area (Å²) in [5.41, 5.74) is 6.85. The molecule has 0 aromatic heterocycles. The summed E-state index contributed by atoms with van der Waals surface area (Å²) in [5.74, 6) is 0.106. The Kier molecular flexibility index (Phi) is 11.4. The highest BCUT2D eigenvalue weighted by Gasteiger charge is 2.17. The number of hydrogen-bond donors (Lipinski definition) is 3. The van der Waals surface area contributed by atoms with Crippen LogP contribution < -0.4 is 5.73 Å². The summed E-state index contributed by atoms with van der Waals surface area (Å²) in [6, 6.07) is 6.22. The molecule has 1 aromatic rings. The number of unbranched alkanes of at least 4 members (excludes halogenated alkanes) is 8. The SMILES string of the molecule is CCCCCCCCCCCC(=O)c1cccc(C(O)C(N)CO)c1. The van der Waals surface area contributed by atoms with E-state index < -0.39 is 12.1 Å². The lowest BCUT2D eigenvalue weighted by molar-refractivity contribution is 0.0977. The molecule has 4 nitrogen and oxygen atoms in total. The first kappa shape index (κ1) is 21.8. The van der Waals surface area contributed by atoms with Gasteiger partial charge in [-0.1, -0.05) is 76.5 Å². The average Bonchev–Trinajstić information content (AvgIpc) is 2.65. The van der Waals surface area contributed by atoms with E-state index in [0.717, 1.165) is 12.8 Å². The molecule has 1 aromatic carbocycles. The van der Waals surface area contributed by atoms with Gasteiger partial charge in [0.2, 0.25) is 0 Å². The lowest BCUT2D eigenvalue weighted by Crippen LogP contribution is -2.32. The van der Waals surface area contributed by atoms with Crippen LogP contribution in [-0.4, -0.2) is 28.6 Å². The Labute approximate surface area is 152 Å². The minimum Gasteiger partial charge on any atom is -0.395 e. The highest BCUT2D eigenvalue weighted by Crippen LogP contribution is 2.19. The van der Waals surface area contributed by atoms with Crippen LogP contribution in [0.2, 0.25) is 0 Å².